The molecule has 33 heavy (non-hydrogen) atoms. The molecule has 4 rings (SSSR count). The number of hydrogen-bond donors (Lipinski definition) is 2. The van der Waals surface area contributed by atoms with Crippen molar-refractivity contribution in [2.24, 2.45) is 0 Å². The van der Waals surface area contributed by atoms with E-state index in [0.717, 1.165) is 22.5 Å². The lowest BCUT2D eigenvalue weighted by atomic mass is 10.1. The predicted octanol–water partition coefficient (Wildman–Crippen LogP) is 4.77. The lowest BCUT2D eigenvalue weighted by Crippen LogP contribution is -2.26. The minimum atomic E-state index is -0.241. The second kappa shape index (κ2) is 9.91. The third kappa shape index (κ3) is 5.15. The summed E-state index contributed by atoms with van der Waals surface area (Å²) in [6, 6.07) is 20.6. The molecule has 0 fully saturated rings. The molecule has 1 unspecified atom stereocenters. The SMILES string of the molecule is CCC(=O)Nc1ccc(C(C)NC(=O)c2cn(-c3ccccc3)nc2-c2cccnc2)cc1. The summed E-state index contributed by atoms with van der Waals surface area (Å²) in [6.07, 6.45) is 5.54. The maximum absolute atomic E-state index is 13.3. The van der Waals surface area contributed by atoms with E-state index in [1.165, 1.54) is 0 Å². The smallest absolute Gasteiger partial charge is 0.255 e. The minimum Gasteiger partial charge on any atom is -0.345 e. The molecular weight excluding hydrogens is 414 g/mol. The Hall–Kier alpha value is -4.26. The van der Waals surface area contributed by atoms with E-state index in [4.69, 9.17) is 0 Å². The monoisotopic (exact) mass is 439 g/mol. The molecule has 0 aliphatic heterocycles. The zero-order valence-electron chi connectivity index (χ0n) is 18.5. The number of anilines is 1. The molecule has 0 aliphatic rings. The Kier molecular flexibility index (Phi) is 6.59. The molecular formula is C26H25N5O2. The van der Waals surface area contributed by atoms with Crippen molar-refractivity contribution in [1.29, 1.82) is 0 Å². The van der Waals surface area contributed by atoms with Gasteiger partial charge in [0.2, 0.25) is 5.91 Å². The summed E-state index contributed by atoms with van der Waals surface area (Å²) in [7, 11) is 0. The van der Waals surface area contributed by atoms with Crippen molar-refractivity contribution < 1.29 is 9.59 Å². The molecule has 0 bridgehead atoms. The number of hydrogen-bond acceptors (Lipinski definition) is 4. The van der Waals surface area contributed by atoms with Crippen LogP contribution in [0.2, 0.25) is 0 Å². The fourth-order valence-electron chi connectivity index (χ4n) is 3.43. The van der Waals surface area contributed by atoms with Crippen LogP contribution >= 0.6 is 0 Å². The van der Waals surface area contributed by atoms with Crippen LogP contribution in [0, 0.1) is 0 Å². The fourth-order valence-corrected chi connectivity index (χ4v) is 3.43. The molecule has 2 aromatic carbocycles. The van der Waals surface area contributed by atoms with Gasteiger partial charge in [0.1, 0.15) is 5.69 Å². The standard InChI is InChI=1S/C26H25N5O2/c1-3-24(32)29-21-13-11-19(12-14-21)18(2)28-26(33)23-17-31(22-9-5-4-6-10-22)30-25(23)20-8-7-15-27-16-20/h4-18H,3H2,1-2H3,(H,28,33)(H,29,32). The van der Waals surface area contributed by atoms with Crippen LogP contribution in [0.3, 0.4) is 0 Å². The highest BCUT2D eigenvalue weighted by Gasteiger charge is 2.20. The largest absolute Gasteiger partial charge is 0.345 e. The first-order chi connectivity index (χ1) is 16.0. The third-order valence-corrected chi connectivity index (χ3v) is 5.28. The molecule has 0 aliphatic carbocycles. The van der Waals surface area contributed by atoms with Gasteiger partial charge in [0.15, 0.2) is 0 Å². The first kappa shape index (κ1) is 22.0. The summed E-state index contributed by atoms with van der Waals surface area (Å²) in [4.78, 5) is 29.0. The van der Waals surface area contributed by atoms with Gasteiger partial charge in [-0.15, -0.1) is 0 Å². The zero-order valence-corrected chi connectivity index (χ0v) is 18.5. The minimum absolute atomic E-state index is 0.0394. The zero-order chi connectivity index (χ0) is 23.2. The van der Waals surface area contributed by atoms with Gasteiger partial charge in [-0.2, -0.15) is 5.10 Å². The number of amides is 2. The van der Waals surface area contributed by atoms with Crippen LogP contribution in [-0.4, -0.2) is 26.6 Å². The topological polar surface area (TPSA) is 88.9 Å². The third-order valence-electron chi connectivity index (χ3n) is 5.28. The number of benzene rings is 2. The molecule has 0 spiro atoms. The number of nitrogens with one attached hydrogen (secondary N) is 2. The second-order valence-corrected chi connectivity index (χ2v) is 7.63. The van der Waals surface area contributed by atoms with Crippen LogP contribution in [0.5, 0.6) is 0 Å². The van der Waals surface area contributed by atoms with E-state index in [1.807, 2.05) is 73.7 Å². The van der Waals surface area contributed by atoms with E-state index in [2.05, 4.69) is 20.7 Å². The summed E-state index contributed by atoms with van der Waals surface area (Å²) in [5.74, 6) is -0.269. The first-order valence-electron chi connectivity index (χ1n) is 10.8. The highest BCUT2D eigenvalue weighted by atomic mass is 16.2. The van der Waals surface area contributed by atoms with Crippen molar-refractivity contribution in [1.82, 2.24) is 20.1 Å². The van der Waals surface area contributed by atoms with Crippen LogP contribution in [0.4, 0.5) is 5.69 Å². The highest BCUT2D eigenvalue weighted by Crippen LogP contribution is 2.24. The number of para-hydroxylation sites is 1. The van der Waals surface area contributed by atoms with Crippen LogP contribution in [-0.2, 0) is 4.79 Å². The van der Waals surface area contributed by atoms with Gasteiger partial charge in [-0.1, -0.05) is 37.3 Å². The van der Waals surface area contributed by atoms with E-state index >= 15 is 0 Å². The van der Waals surface area contributed by atoms with Crippen molar-refractivity contribution in [3.63, 3.8) is 0 Å². The van der Waals surface area contributed by atoms with E-state index in [9.17, 15) is 9.59 Å². The van der Waals surface area contributed by atoms with Gasteiger partial charge in [0.05, 0.1) is 17.3 Å². The van der Waals surface area contributed by atoms with Gasteiger partial charge in [0, 0.05) is 36.3 Å². The normalized spacial score (nSPS) is 11.6. The predicted molar refractivity (Wildman–Crippen MR) is 128 cm³/mol. The molecule has 0 saturated heterocycles. The van der Waals surface area contributed by atoms with Crippen molar-refractivity contribution in [3.05, 3.63) is 96.4 Å². The summed E-state index contributed by atoms with van der Waals surface area (Å²) in [6.45, 7) is 3.73. The van der Waals surface area contributed by atoms with Crippen molar-refractivity contribution in [2.75, 3.05) is 5.32 Å². The molecule has 7 heteroatoms. The molecule has 0 radical (unpaired) electrons. The molecule has 2 amide bonds. The van der Waals surface area contributed by atoms with Gasteiger partial charge in [-0.25, -0.2) is 4.68 Å². The Labute approximate surface area is 192 Å². The summed E-state index contributed by atoms with van der Waals surface area (Å²) in [5.41, 5.74) is 4.31. The van der Waals surface area contributed by atoms with Crippen LogP contribution in [0.15, 0.2) is 85.3 Å². The highest BCUT2D eigenvalue weighted by molar-refractivity contribution is 6.00. The van der Waals surface area contributed by atoms with E-state index in [0.29, 0.717) is 17.7 Å². The number of nitrogens with zero attached hydrogens (tertiary/aromatic N) is 3. The number of carbonyl (C=O) groups is 2. The Morgan fingerprint density at radius 2 is 1.76 bits per heavy atom. The number of pyridine rings is 1. The van der Waals surface area contributed by atoms with Crippen molar-refractivity contribution in [3.8, 4) is 16.9 Å². The number of carbonyl (C=O) groups excluding carboxylic acids is 2. The average Bonchev–Trinajstić information content (AvgIpc) is 3.31. The Balaban J connectivity index is 1.58. The van der Waals surface area contributed by atoms with E-state index in [-0.39, 0.29) is 17.9 Å². The Morgan fingerprint density at radius 1 is 1.00 bits per heavy atom. The molecule has 2 aromatic heterocycles. The molecule has 0 saturated carbocycles. The second-order valence-electron chi connectivity index (χ2n) is 7.63. The molecule has 2 heterocycles. The number of aromatic nitrogens is 3. The lowest BCUT2D eigenvalue weighted by molar-refractivity contribution is -0.115. The molecule has 2 N–H and O–H groups in total. The Bertz CT molecular complexity index is 1230. The maximum Gasteiger partial charge on any atom is 0.255 e. The lowest BCUT2D eigenvalue weighted by Gasteiger charge is -2.15. The van der Waals surface area contributed by atoms with Gasteiger partial charge < -0.3 is 10.6 Å². The average molecular weight is 440 g/mol. The van der Waals surface area contributed by atoms with Gasteiger partial charge in [-0.05, 0) is 48.9 Å². The van der Waals surface area contributed by atoms with Crippen LogP contribution in [0.25, 0.3) is 16.9 Å². The molecule has 4 aromatic rings. The van der Waals surface area contributed by atoms with Gasteiger partial charge in [0.25, 0.3) is 5.91 Å². The number of rotatable bonds is 7. The van der Waals surface area contributed by atoms with E-state index in [1.54, 1.807) is 30.2 Å². The molecule has 1 atom stereocenters. The molecule has 7 nitrogen and oxygen atoms in total. The summed E-state index contributed by atoms with van der Waals surface area (Å²) < 4.78 is 1.70. The first-order valence-corrected chi connectivity index (χ1v) is 10.8. The quantitative estimate of drug-likeness (QED) is 0.434. The van der Waals surface area contributed by atoms with E-state index < -0.39 is 0 Å². The van der Waals surface area contributed by atoms with Gasteiger partial charge in [-0.3, -0.25) is 14.6 Å². The molecule has 166 valence electrons. The summed E-state index contributed by atoms with van der Waals surface area (Å²) >= 11 is 0. The summed E-state index contributed by atoms with van der Waals surface area (Å²) in [5, 5.41) is 10.6. The Morgan fingerprint density at radius 3 is 2.42 bits per heavy atom. The fraction of sp³-hybridized carbons (Fsp3) is 0.154. The van der Waals surface area contributed by atoms with Gasteiger partial charge >= 0.3 is 0 Å². The maximum atomic E-state index is 13.3. The van der Waals surface area contributed by atoms with Crippen LogP contribution in [0.1, 0.15) is 42.2 Å². The van der Waals surface area contributed by atoms with Crippen molar-refractivity contribution >= 4 is 17.5 Å². The van der Waals surface area contributed by atoms with Crippen molar-refractivity contribution in [2.45, 2.75) is 26.3 Å². The van der Waals surface area contributed by atoms with Crippen LogP contribution < -0.4 is 10.6 Å².